The first kappa shape index (κ1) is 20.4. The number of carbonyl (C=O) groups is 1. The van der Waals surface area contributed by atoms with Gasteiger partial charge in [0.1, 0.15) is 11.3 Å². The number of nitrogens with zero attached hydrogens (tertiary/aromatic N) is 2. The molecule has 0 bridgehead atoms. The maximum Gasteiger partial charge on any atom is 0.282 e. The lowest BCUT2D eigenvalue weighted by molar-refractivity contribution is -0.238. The van der Waals surface area contributed by atoms with E-state index in [9.17, 15) is 4.79 Å². The topological polar surface area (TPSA) is 51.2 Å². The summed E-state index contributed by atoms with van der Waals surface area (Å²) >= 11 is 5.32. The van der Waals surface area contributed by atoms with E-state index in [1.54, 1.807) is 19.0 Å². The van der Waals surface area contributed by atoms with Crippen LogP contribution in [0.25, 0.3) is 5.57 Å². The van der Waals surface area contributed by atoms with Crippen LogP contribution in [0, 0.1) is 13.8 Å². The van der Waals surface area contributed by atoms with E-state index in [2.05, 4.69) is 0 Å². The Balaban J connectivity index is 2.66. The summed E-state index contributed by atoms with van der Waals surface area (Å²) in [5.74, 6) is 0.190. The van der Waals surface area contributed by atoms with Crippen molar-refractivity contribution in [3.05, 3.63) is 40.6 Å². The zero-order valence-corrected chi connectivity index (χ0v) is 17.2. The smallest absolute Gasteiger partial charge is 0.282 e. The molecule has 142 valence electrons. The minimum Gasteiger partial charge on any atom is -0.433 e. The van der Waals surface area contributed by atoms with Crippen LogP contribution in [0.4, 0.5) is 0 Å². The van der Waals surface area contributed by atoms with Gasteiger partial charge in [-0.15, -0.1) is 0 Å². The molecule has 1 amide bonds. The first-order chi connectivity index (χ1) is 12.1. The van der Waals surface area contributed by atoms with Crippen molar-refractivity contribution in [2.75, 3.05) is 28.0 Å². The van der Waals surface area contributed by atoms with Gasteiger partial charge in [0.05, 0.1) is 5.57 Å². The molecular weight excluding hydrogens is 352 g/mol. The lowest BCUT2D eigenvalue weighted by Gasteiger charge is -2.32. The lowest BCUT2D eigenvalue weighted by Crippen LogP contribution is -2.45. The molecule has 0 atom stereocenters. The molecule has 0 fully saturated rings. The van der Waals surface area contributed by atoms with E-state index in [1.165, 1.54) is 12.2 Å². The second kappa shape index (κ2) is 7.73. The number of hydroxylamine groups is 2. The van der Waals surface area contributed by atoms with Crippen molar-refractivity contribution in [1.82, 2.24) is 9.96 Å². The Morgan fingerprint density at radius 2 is 1.81 bits per heavy atom. The van der Waals surface area contributed by atoms with Gasteiger partial charge in [-0.05, 0) is 56.6 Å². The highest BCUT2D eigenvalue weighted by Crippen LogP contribution is 2.42. The summed E-state index contributed by atoms with van der Waals surface area (Å²) in [6, 6.07) is 5.90. The number of ether oxygens (including phenoxy) is 2. The predicted molar refractivity (Wildman–Crippen MR) is 104 cm³/mol. The third-order valence-electron chi connectivity index (χ3n) is 4.27. The number of hydrogen-bond acceptors (Lipinski definition) is 5. The Labute approximate surface area is 160 Å². The van der Waals surface area contributed by atoms with Crippen molar-refractivity contribution in [1.29, 1.82) is 0 Å². The van der Waals surface area contributed by atoms with Gasteiger partial charge in [0, 0.05) is 21.2 Å². The molecule has 1 heterocycles. The predicted octanol–water partition coefficient (Wildman–Crippen LogP) is 3.03. The van der Waals surface area contributed by atoms with E-state index < -0.39 is 5.54 Å². The molecule has 0 aliphatic carbocycles. The molecule has 1 aromatic rings. The minimum absolute atomic E-state index is 0.0411. The molecular formula is C19H26N2O4S. The van der Waals surface area contributed by atoms with E-state index in [1.807, 2.05) is 45.9 Å². The standard InChI is InChI=1S/C19H26N2O4S/c1-12-9-8-10-13(2)14(12)15-16(25-18(26)20(5)6)19(3,4)21(17(15)22)24-11-23-7/h8-10H,11H2,1-7H3. The zero-order valence-electron chi connectivity index (χ0n) is 16.4. The van der Waals surface area contributed by atoms with Crippen LogP contribution < -0.4 is 0 Å². The van der Waals surface area contributed by atoms with Gasteiger partial charge < -0.3 is 14.4 Å². The fraction of sp³-hybridized carbons (Fsp3) is 0.474. The molecule has 26 heavy (non-hydrogen) atoms. The summed E-state index contributed by atoms with van der Waals surface area (Å²) in [5.41, 5.74) is 2.42. The highest BCUT2D eigenvalue weighted by atomic mass is 32.1. The van der Waals surface area contributed by atoms with Gasteiger partial charge in [-0.25, -0.2) is 9.90 Å². The van der Waals surface area contributed by atoms with Crippen LogP contribution in [0.15, 0.2) is 24.0 Å². The van der Waals surface area contributed by atoms with Crippen LogP contribution in [-0.4, -0.2) is 54.6 Å². The van der Waals surface area contributed by atoms with Crippen molar-refractivity contribution >= 4 is 28.9 Å². The number of methoxy groups -OCH3 is 1. The van der Waals surface area contributed by atoms with Crippen LogP contribution in [0.3, 0.4) is 0 Å². The zero-order chi connectivity index (χ0) is 19.6. The van der Waals surface area contributed by atoms with Crippen molar-refractivity contribution in [3.63, 3.8) is 0 Å². The summed E-state index contributed by atoms with van der Waals surface area (Å²) in [5, 5.41) is 1.57. The third kappa shape index (κ3) is 3.60. The van der Waals surface area contributed by atoms with Crippen LogP contribution in [0.2, 0.25) is 0 Å². The van der Waals surface area contributed by atoms with Crippen molar-refractivity contribution in [2.45, 2.75) is 33.2 Å². The van der Waals surface area contributed by atoms with Gasteiger partial charge in [0.15, 0.2) is 6.79 Å². The number of rotatable bonds is 5. The molecule has 1 aliphatic heterocycles. The molecule has 0 spiro atoms. The van der Waals surface area contributed by atoms with Gasteiger partial charge >= 0.3 is 0 Å². The second-order valence-electron chi connectivity index (χ2n) is 6.93. The molecule has 1 aromatic carbocycles. The molecule has 0 saturated heterocycles. The Morgan fingerprint density at radius 3 is 2.31 bits per heavy atom. The van der Waals surface area contributed by atoms with E-state index in [-0.39, 0.29) is 17.9 Å². The molecule has 0 unspecified atom stereocenters. The average molecular weight is 378 g/mol. The van der Waals surface area contributed by atoms with Gasteiger partial charge in [-0.3, -0.25) is 4.79 Å². The second-order valence-corrected chi connectivity index (χ2v) is 7.28. The number of benzene rings is 1. The highest BCUT2D eigenvalue weighted by Gasteiger charge is 2.50. The first-order valence-electron chi connectivity index (χ1n) is 8.29. The molecule has 0 saturated carbocycles. The molecule has 0 radical (unpaired) electrons. The van der Waals surface area contributed by atoms with Gasteiger partial charge in [-0.2, -0.15) is 0 Å². The molecule has 0 N–H and O–H groups in total. The Kier molecular flexibility index (Phi) is 6.05. The first-order valence-corrected chi connectivity index (χ1v) is 8.70. The van der Waals surface area contributed by atoms with E-state index >= 15 is 0 Å². The fourth-order valence-electron chi connectivity index (χ4n) is 2.96. The van der Waals surface area contributed by atoms with E-state index in [4.69, 9.17) is 26.5 Å². The van der Waals surface area contributed by atoms with Crippen LogP contribution in [0.1, 0.15) is 30.5 Å². The monoisotopic (exact) mass is 378 g/mol. The molecule has 0 aromatic heterocycles. The summed E-state index contributed by atoms with van der Waals surface area (Å²) in [6.45, 7) is 7.61. The maximum absolute atomic E-state index is 13.2. The van der Waals surface area contributed by atoms with Crippen LogP contribution >= 0.6 is 12.2 Å². The van der Waals surface area contributed by atoms with Crippen LogP contribution in [0.5, 0.6) is 0 Å². The third-order valence-corrected chi connectivity index (χ3v) is 4.72. The number of aryl methyl sites for hydroxylation is 2. The average Bonchev–Trinajstić information content (AvgIpc) is 2.73. The largest absolute Gasteiger partial charge is 0.433 e. The SMILES string of the molecule is COCON1C(=O)C(c2c(C)cccc2C)=C(OC(=S)N(C)C)C1(C)C. The Hall–Kier alpha value is -1.96. The number of carbonyl (C=O) groups excluding carboxylic acids is 1. The Morgan fingerprint density at radius 1 is 1.23 bits per heavy atom. The van der Waals surface area contributed by atoms with Gasteiger partial charge in [0.2, 0.25) is 0 Å². The van der Waals surface area contributed by atoms with Crippen molar-refractivity contribution in [3.8, 4) is 0 Å². The molecule has 2 rings (SSSR count). The Bertz CT molecular complexity index is 736. The summed E-state index contributed by atoms with van der Waals surface area (Å²) in [6.07, 6.45) is 0. The summed E-state index contributed by atoms with van der Waals surface area (Å²) in [7, 11) is 5.10. The number of thiocarbonyl (C=S) groups is 1. The molecule has 1 aliphatic rings. The summed E-state index contributed by atoms with van der Waals surface area (Å²) < 4.78 is 11.0. The molecule has 6 nitrogen and oxygen atoms in total. The van der Waals surface area contributed by atoms with Crippen LogP contribution in [-0.2, 0) is 19.1 Å². The normalized spacial score (nSPS) is 16.3. The van der Waals surface area contributed by atoms with Crippen molar-refractivity contribution < 1.29 is 19.1 Å². The summed E-state index contributed by atoms with van der Waals surface area (Å²) in [4.78, 5) is 20.5. The maximum atomic E-state index is 13.2. The van der Waals surface area contributed by atoms with E-state index in [0.717, 1.165) is 16.7 Å². The van der Waals surface area contributed by atoms with Gasteiger partial charge in [0.25, 0.3) is 11.1 Å². The number of amides is 1. The van der Waals surface area contributed by atoms with Gasteiger partial charge in [-0.1, -0.05) is 18.2 Å². The number of hydrogen-bond donors (Lipinski definition) is 0. The fourth-order valence-corrected chi connectivity index (χ4v) is 3.04. The lowest BCUT2D eigenvalue weighted by atomic mass is 9.93. The van der Waals surface area contributed by atoms with Crippen molar-refractivity contribution in [2.24, 2.45) is 0 Å². The van der Waals surface area contributed by atoms with E-state index in [0.29, 0.717) is 11.3 Å². The highest BCUT2D eigenvalue weighted by molar-refractivity contribution is 7.80. The quantitative estimate of drug-likeness (QED) is 0.580. The minimum atomic E-state index is -0.847. The molecule has 7 heteroatoms.